The van der Waals surface area contributed by atoms with Crippen molar-refractivity contribution in [2.24, 2.45) is 17.8 Å². The number of nitrogens with zero attached hydrogens (tertiary/aromatic N) is 1. The van der Waals surface area contributed by atoms with Crippen molar-refractivity contribution in [1.82, 2.24) is 4.90 Å². The molecule has 1 aromatic rings. The van der Waals surface area contributed by atoms with E-state index in [4.69, 9.17) is 4.74 Å². The van der Waals surface area contributed by atoms with Crippen molar-refractivity contribution in [2.75, 3.05) is 26.3 Å². The second-order valence-corrected chi connectivity index (χ2v) is 10.1. The minimum atomic E-state index is -0.532. The molecule has 3 aliphatic rings. The van der Waals surface area contributed by atoms with Crippen LogP contribution in [0, 0.1) is 24.7 Å². The van der Waals surface area contributed by atoms with Crippen LogP contribution in [0.3, 0.4) is 0 Å². The first-order valence-electron chi connectivity index (χ1n) is 12.6. The molecule has 2 fully saturated rings. The Balaban J connectivity index is 1.21. The van der Waals surface area contributed by atoms with Gasteiger partial charge in [0, 0.05) is 31.8 Å². The highest BCUT2D eigenvalue weighted by Gasteiger charge is 2.43. The van der Waals surface area contributed by atoms with E-state index in [9.17, 15) is 15.0 Å². The fourth-order valence-corrected chi connectivity index (χ4v) is 5.79. The van der Waals surface area contributed by atoms with Crippen LogP contribution in [0.25, 0.3) is 0 Å². The van der Waals surface area contributed by atoms with E-state index in [-0.39, 0.29) is 17.9 Å². The van der Waals surface area contributed by atoms with Crippen LogP contribution < -0.4 is 0 Å². The lowest BCUT2D eigenvalue weighted by atomic mass is 9.88. The molecule has 180 valence electrons. The first-order chi connectivity index (χ1) is 16.0. The van der Waals surface area contributed by atoms with E-state index in [1.54, 1.807) is 0 Å². The molecule has 1 saturated carbocycles. The van der Waals surface area contributed by atoms with Crippen LogP contribution in [0.5, 0.6) is 0 Å². The Bertz CT molecular complexity index is 857. The van der Waals surface area contributed by atoms with Crippen LogP contribution in [0.1, 0.15) is 49.7 Å². The summed E-state index contributed by atoms with van der Waals surface area (Å²) >= 11 is 0. The normalized spacial score (nSPS) is 28.2. The number of aliphatic hydroxyl groups excluding tert-OH is 2. The highest BCUT2D eigenvalue weighted by Crippen LogP contribution is 2.48. The number of morpholine rings is 1. The summed E-state index contributed by atoms with van der Waals surface area (Å²) in [6.45, 7) is 4.83. The second-order valence-electron chi connectivity index (χ2n) is 10.1. The highest BCUT2D eigenvalue weighted by atomic mass is 16.5. The Hall–Kier alpha value is -1.95. The van der Waals surface area contributed by atoms with Gasteiger partial charge in [0.1, 0.15) is 0 Å². The van der Waals surface area contributed by atoms with E-state index in [0.717, 1.165) is 50.8 Å². The summed E-state index contributed by atoms with van der Waals surface area (Å²) in [7, 11) is 0. The molecule has 1 amide bonds. The monoisotopic (exact) mass is 453 g/mol. The van der Waals surface area contributed by atoms with Gasteiger partial charge in [0.15, 0.2) is 0 Å². The Labute approximate surface area is 198 Å². The second kappa shape index (κ2) is 11.5. The third kappa shape index (κ3) is 6.56. The molecule has 5 heteroatoms. The molecule has 5 atom stereocenters. The van der Waals surface area contributed by atoms with E-state index in [0.29, 0.717) is 37.9 Å². The number of hydrogen-bond donors (Lipinski definition) is 2. The van der Waals surface area contributed by atoms with Crippen molar-refractivity contribution in [1.29, 1.82) is 0 Å². The molecule has 5 nitrogen and oxygen atoms in total. The van der Waals surface area contributed by atoms with Crippen molar-refractivity contribution >= 4 is 5.91 Å². The number of allylic oxidation sites excluding steroid dienone is 2. The molecule has 1 saturated heterocycles. The van der Waals surface area contributed by atoms with Crippen molar-refractivity contribution < 1.29 is 19.7 Å². The van der Waals surface area contributed by atoms with Gasteiger partial charge in [-0.2, -0.15) is 0 Å². The first kappa shape index (κ1) is 24.2. The lowest BCUT2D eigenvalue weighted by molar-refractivity contribution is -0.135. The maximum Gasteiger partial charge on any atom is 0.222 e. The van der Waals surface area contributed by atoms with Crippen LogP contribution in [0.2, 0.25) is 0 Å². The fraction of sp³-hybridized carbons (Fsp3) is 0.607. The summed E-state index contributed by atoms with van der Waals surface area (Å²) < 4.78 is 5.32. The van der Waals surface area contributed by atoms with Crippen molar-refractivity contribution in [3.63, 3.8) is 0 Å². The minimum absolute atomic E-state index is 0.110. The molecule has 2 aliphatic carbocycles. The number of hydrogen-bond acceptors (Lipinski definition) is 4. The van der Waals surface area contributed by atoms with Crippen molar-refractivity contribution in [3.05, 3.63) is 59.2 Å². The number of aliphatic hydroxyl groups is 2. The third-order valence-corrected chi connectivity index (χ3v) is 7.54. The smallest absolute Gasteiger partial charge is 0.222 e. The lowest BCUT2D eigenvalue weighted by Gasteiger charge is -2.26. The van der Waals surface area contributed by atoms with Gasteiger partial charge in [-0.1, -0.05) is 53.6 Å². The van der Waals surface area contributed by atoms with E-state index in [1.165, 1.54) is 11.1 Å². The number of rotatable bonds is 9. The van der Waals surface area contributed by atoms with Crippen LogP contribution in [-0.2, 0) is 16.0 Å². The average Bonchev–Trinajstić information content (AvgIpc) is 3.32. The summed E-state index contributed by atoms with van der Waals surface area (Å²) in [4.78, 5) is 14.2. The number of carbonyl (C=O) groups is 1. The predicted molar refractivity (Wildman–Crippen MR) is 130 cm³/mol. The first-order valence-corrected chi connectivity index (χ1v) is 12.6. The van der Waals surface area contributed by atoms with Gasteiger partial charge in [0.05, 0.1) is 25.4 Å². The van der Waals surface area contributed by atoms with E-state index < -0.39 is 6.10 Å². The molecule has 0 radical (unpaired) electrons. The number of amides is 1. The SMILES string of the molecule is Cc1cccc(C[C@H](O)C=C[C@@H]2[C@H]3CC(CCCCC(=O)N4CCOCC4)=C[C@H]3C[C@H]2O)c1. The molecule has 1 aliphatic heterocycles. The van der Waals surface area contributed by atoms with Crippen LogP contribution in [-0.4, -0.2) is 59.5 Å². The number of carbonyl (C=O) groups excluding carboxylic acids is 1. The molecule has 0 bridgehead atoms. The van der Waals surface area contributed by atoms with E-state index in [2.05, 4.69) is 31.2 Å². The van der Waals surface area contributed by atoms with E-state index in [1.807, 2.05) is 23.1 Å². The number of aryl methyl sites for hydroxylation is 1. The zero-order valence-corrected chi connectivity index (χ0v) is 19.9. The molecule has 0 aromatic heterocycles. The predicted octanol–water partition coefficient (Wildman–Crippen LogP) is 3.82. The fourth-order valence-electron chi connectivity index (χ4n) is 5.79. The number of fused-ring (bicyclic) bond motifs is 1. The van der Waals surface area contributed by atoms with E-state index >= 15 is 0 Å². The van der Waals surface area contributed by atoms with Crippen molar-refractivity contribution in [3.8, 4) is 0 Å². The molecule has 1 aromatic carbocycles. The molecular weight excluding hydrogens is 414 g/mol. The topological polar surface area (TPSA) is 70.0 Å². The molecule has 0 unspecified atom stereocenters. The molecule has 2 N–H and O–H groups in total. The van der Waals surface area contributed by atoms with Gasteiger partial charge >= 0.3 is 0 Å². The summed E-state index contributed by atoms with van der Waals surface area (Å²) in [5.41, 5.74) is 3.82. The number of unbranched alkanes of at least 4 members (excludes halogenated alkanes) is 1. The Morgan fingerprint density at radius 1 is 1.27 bits per heavy atom. The zero-order valence-electron chi connectivity index (χ0n) is 19.9. The van der Waals surface area contributed by atoms with Gasteiger partial charge in [-0.05, 0) is 56.4 Å². The molecule has 4 rings (SSSR count). The Morgan fingerprint density at radius 3 is 2.88 bits per heavy atom. The summed E-state index contributed by atoms with van der Waals surface area (Å²) in [5, 5.41) is 21.1. The Morgan fingerprint density at radius 2 is 2.09 bits per heavy atom. The van der Waals surface area contributed by atoms with Crippen LogP contribution >= 0.6 is 0 Å². The van der Waals surface area contributed by atoms with Crippen LogP contribution in [0.4, 0.5) is 0 Å². The molecule has 1 heterocycles. The van der Waals surface area contributed by atoms with Gasteiger partial charge < -0.3 is 19.8 Å². The zero-order chi connectivity index (χ0) is 23.2. The Kier molecular flexibility index (Phi) is 8.39. The molecular formula is C28H39NO4. The minimum Gasteiger partial charge on any atom is -0.392 e. The van der Waals surface area contributed by atoms with Gasteiger partial charge in [0.2, 0.25) is 5.91 Å². The third-order valence-electron chi connectivity index (χ3n) is 7.54. The summed E-state index contributed by atoms with van der Waals surface area (Å²) in [5.74, 6) is 1.24. The number of benzene rings is 1. The van der Waals surface area contributed by atoms with Crippen molar-refractivity contribution in [2.45, 2.75) is 64.1 Å². The van der Waals surface area contributed by atoms with Gasteiger partial charge in [0.25, 0.3) is 0 Å². The largest absolute Gasteiger partial charge is 0.392 e. The highest BCUT2D eigenvalue weighted by molar-refractivity contribution is 5.76. The number of ether oxygens (including phenoxy) is 1. The quantitative estimate of drug-likeness (QED) is 0.441. The summed E-state index contributed by atoms with van der Waals surface area (Å²) in [6.07, 6.45) is 11.6. The lowest BCUT2D eigenvalue weighted by Crippen LogP contribution is -2.40. The van der Waals surface area contributed by atoms with Crippen LogP contribution in [0.15, 0.2) is 48.1 Å². The average molecular weight is 454 g/mol. The standard InChI is InChI=1S/C28H39NO4/c1-20-5-4-7-21(15-20)17-24(30)9-10-25-26-18-22(16-23(26)19-27(25)31)6-2-3-8-28(32)29-11-13-33-14-12-29/h4-5,7,9-10,15-16,23-27,30-31H,2-3,6,8,11-14,17-19H2,1H3/t23-,24+,25+,26-,27+/m0/s1. The van der Waals surface area contributed by atoms with Gasteiger partial charge in [-0.15, -0.1) is 0 Å². The molecule has 33 heavy (non-hydrogen) atoms. The maximum absolute atomic E-state index is 12.3. The maximum atomic E-state index is 12.3. The van der Waals surface area contributed by atoms with Gasteiger partial charge in [-0.25, -0.2) is 0 Å². The van der Waals surface area contributed by atoms with Gasteiger partial charge in [-0.3, -0.25) is 4.79 Å². The molecule has 0 spiro atoms. The summed E-state index contributed by atoms with van der Waals surface area (Å²) in [6, 6.07) is 8.25.